The van der Waals surface area contributed by atoms with E-state index in [2.05, 4.69) is 34.2 Å². The zero-order valence-electron chi connectivity index (χ0n) is 10.5. The number of hydrazine groups is 1. The molecule has 1 unspecified atom stereocenters. The first-order valence-electron chi connectivity index (χ1n) is 6.36. The molecule has 0 bridgehead atoms. The van der Waals surface area contributed by atoms with Gasteiger partial charge in [-0.2, -0.15) is 10.5 Å². The molecule has 1 saturated heterocycles. The molecule has 2 N–H and O–H groups in total. The Hall–Kier alpha value is -2.05. The van der Waals surface area contributed by atoms with Crippen molar-refractivity contribution in [3.05, 3.63) is 48.0 Å². The molecule has 2 aromatic carbocycles. The fraction of sp³-hybridized carbons (Fsp3) is 0.143. The van der Waals surface area contributed by atoms with Gasteiger partial charge in [-0.3, -0.25) is 10.2 Å². The Morgan fingerprint density at radius 3 is 3.00 bits per heavy atom. The number of nitrogens with one attached hydrogen (secondary N) is 2. The summed E-state index contributed by atoms with van der Waals surface area (Å²) >= 11 is 1.44. The van der Waals surface area contributed by atoms with E-state index < -0.39 is 0 Å². The largest absolute Gasteiger partial charge is 0.284 e. The average molecular weight is 284 g/mol. The maximum atomic E-state index is 11.8. The number of hydrogen-bond donors (Lipinski definition) is 2. The van der Waals surface area contributed by atoms with Gasteiger partial charge in [0.2, 0.25) is 5.17 Å². The Morgan fingerprint density at radius 2 is 2.05 bits per heavy atom. The lowest BCUT2D eigenvalue weighted by atomic mass is 10.0. The average Bonchev–Trinajstić information content (AvgIpc) is 2.88. The van der Waals surface area contributed by atoms with Crippen LogP contribution in [0.5, 0.6) is 0 Å². The smallest absolute Gasteiger partial charge is 0.253 e. The van der Waals surface area contributed by atoms with Gasteiger partial charge in [0.05, 0.1) is 5.75 Å². The Bertz CT molecular complexity index is 725. The lowest BCUT2D eigenvalue weighted by Crippen LogP contribution is -2.51. The molecular formula is C14H12N4OS. The fourth-order valence-electron chi connectivity index (χ4n) is 2.49. The van der Waals surface area contributed by atoms with Crippen LogP contribution in [0.2, 0.25) is 0 Å². The number of hydrazone groups is 1. The van der Waals surface area contributed by atoms with E-state index in [-0.39, 0.29) is 12.1 Å². The van der Waals surface area contributed by atoms with Crippen molar-refractivity contribution < 1.29 is 4.79 Å². The first-order chi connectivity index (χ1) is 9.83. The molecule has 6 heteroatoms. The summed E-state index contributed by atoms with van der Waals surface area (Å²) in [6.07, 6.45) is -0.201. The summed E-state index contributed by atoms with van der Waals surface area (Å²) in [7, 11) is 0. The van der Waals surface area contributed by atoms with Crippen LogP contribution in [-0.2, 0) is 4.79 Å². The van der Waals surface area contributed by atoms with Crippen LogP contribution in [0.1, 0.15) is 11.7 Å². The lowest BCUT2D eigenvalue weighted by Gasteiger charge is -2.30. The summed E-state index contributed by atoms with van der Waals surface area (Å²) in [5.41, 5.74) is 7.36. The third kappa shape index (κ3) is 1.76. The van der Waals surface area contributed by atoms with Gasteiger partial charge in [0.25, 0.3) is 5.91 Å². The quantitative estimate of drug-likeness (QED) is 0.838. The van der Waals surface area contributed by atoms with E-state index in [0.717, 1.165) is 10.9 Å². The normalized spacial score (nSPS) is 21.6. The molecule has 2 aliphatic heterocycles. The SMILES string of the molecule is O=C1CSC2=NNC(c3cccc4ccccc34)NN12. The standard InChI is InChI=1S/C14H12N4OS/c19-12-8-20-14-16-15-13(17-18(12)14)11-7-3-5-9-4-1-2-6-10(9)11/h1-7,13,15,17H,8H2. The molecule has 2 aromatic rings. The van der Waals surface area contributed by atoms with Crippen LogP contribution < -0.4 is 10.9 Å². The van der Waals surface area contributed by atoms with Crippen LogP contribution in [0.25, 0.3) is 10.8 Å². The zero-order chi connectivity index (χ0) is 13.5. The molecule has 0 aliphatic carbocycles. The van der Waals surface area contributed by atoms with Crippen molar-refractivity contribution in [2.24, 2.45) is 5.10 Å². The summed E-state index contributed by atoms with van der Waals surface area (Å²) in [4.78, 5) is 11.8. The first-order valence-corrected chi connectivity index (χ1v) is 7.34. The van der Waals surface area contributed by atoms with E-state index in [9.17, 15) is 4.79 Å². The third-order valence-electron chi connectivity index (χ3n) is 3.45. The molecule has 5 nitrogen and oxygen atoms in total. The molecule has 2 aliphatic rings. The number of carbonyl (C=O) groups is 1. The summed E-state index contributed by atoms with van der Waals surface area (Å²) in [6, 6.07) is 14.3. The molecule has 0 aromatic heterocycles. The zero-order valence-corrected chi connectivity index (χ0v) is 11.4. The van der Waals surface area contributed by atoms with Crippen molar-refractivity contribution in [1.82, 2.24) is 15.9 Å². The van der Waals surface area contributed by atoms with Crippen molar-refractivity contribution in [3.63, 3.8) is 0 Å². The van der Waals surface area contributed by atoms with E-state index in [0.29, 0.717) is 10.9 Å². The molecule has 4 rings (SSSR count). The number of benzene rings is 2. The Morgan fingerprint density at radius 1 is 1.20 bits per heavy atom. The Labute approximate surface area is 120 Å². The van der Waals surface area contributed by atoms with E-state index in [1.54, 1.807) is 0 Å². The highest BCUT2D eigenvalue weighted by atomic mass is 32.2. The second-order valence-corrected chi connectivity index (χ2v) is 5.61. The van der Waals surface area contributed by atoms with E-state index in [1.165, 1.54) is 22.2 Å². The maximum Gasteiger partial charge on any atom is 0.253 e. The first kappa shape index (κ1) is 11.7. The molecule has 1 fully saturated rings. The van der Waals surface area contributed by atoms with Crippen molar-refractivity contribution in [2.45, 2.75) is 6.17 Å². The van der Waals surface area contributed by atoms with Crippen molar-refractivity contribution >= 4 is 33.6 Å². The fourth-order valence-corrected chi connectivity index (χ4v) is 3.27. The molecule has 1 atom stereocenters. The Kier molecular flexibility index (Phi) is 2.64. The summed E-state index contributed by atoms with van der Waals surface area (Å²) in [5.74, 6) is 0.482. The van der Waals surface area contributed by atoms with Crippen LogP contribution in [0.4, 0.5) is 0 Å². The lowest BCUT2D eigenvalue weighted by molar-refractivity contribution is -0.127. The molecular weight excluding hydrogens is 272 g/mol. The number of amidine groups is 1. The second-order valence-electron chi connectivity index (χ2n) is 4.67. The molecule has 20 heavy (non-hydrogen) atoms. The van der Waals surface area contributed by atoms with Crippen LogP contribution in [0, 0.1) is 0 Å². The molecule has 0 spiro atoms. The predicted molar refractivity (Wildman–Crippen MR) is 79.7 cm³/mol. The number of thioether (sulfide) groups is 1. The highest BCUT2D eigenvalue weighted by Gasteiger charge is 2.34. The van der Waals surface area contributed by atoms with Gasteiger partial charge in [-0.15, -0.1) is 0 Å². The monoisotopic (exact) mass is 284 g/mol. The van der Waals surface area contributed by atoms with Gasteiger partial charge >= 0.3 is 0 Å². The number of amides is 1. The summed E-state index contributed by atoms with van der Waals surface area (Å²) in [5, 5.41) is 8.82. The summed E-state index contributed by atoms with van der Waals surface area (Å²) < 4.78 is 0. The summed E-state index contributed by atoms with van der Waals surface area (Å²) in [6.45, 7) is 0. The highest BCUT2D eigenvalue weighted by Crippen LogP contribution is 2.27. The van der Waals surface area contributed by atoms with Crippen LogP contribution in [-0.4, -0.2) is 21.8 Å². The van der Waals surface area contributed by atoms with E-state index in [1.807, 2.05) is 24.3 Å². The number of rotatable bonds is 1. The number of carbonyl (C=O) groups excluding carboxylic acids is 1. The third-order valence-corrected chi connectivity index (χ3v) is 4.37. The van der Waals surface area contributed by atoms with Crippen molar-refractivity contribution in [1.29, 1.82) is 0 Å². The van der Waals surface area contributed by atoms with Gasteiger partial charge in [-0.05, 0) is 16.3 Å². The van der Waals surface area contributed by atoms with Crippen molar-refractivity contribution in [3.8, 4) is 0 Å². The van der Waals surface area contributed by atoms with Gasteiger partial charge in [0, 0.05) is 0 Å². The van der Waals surface area contributed by atoms with E-state index in [4.69, 9.17) is 0 Å². The minimum absolute atomic E-state index is 0.0421. The van der Waals surface area contributed by atoms with Crippen molar-refractivity contribution in [2.75, 3.05) is 5.75 Å². The van der Waals surface area contributed by atoms with Crippen LogP contribution in [0.3, 0.4) is 0 Å². The second kappa shape index (κ2) is 4.50. The Balaban J connectivity index is 1.76. The number of fused-ring (bicyclic) bond motifs is 2. The highest BCUT2D eigenvalue weighted by molar-refractivity contribution is 8.15. The molecule has 100 valence electrons. The van der Waals surface area contributed by atoms with Gasteiger partial charge in [-0.25, -0.2) is 5.01 Å². The minimum Gasteiger partial charge on any atom is -0.284 e. The topological polar surface area (TPSA) is 56.7 Å². The van der Waals surface area contributed by atoms with Crippen LogP contribution in [0.15, 0.2) is 47.6 Å². The predicted octanol–water partition coefficient (Wildman–Crippen LogP) is 1.79. The van der Waals surface area contributed by atoms with Gasteiger partial charge in [-0.1, -0.05) is 54.2 Å². The van der Waals surface area contributed by atoms with Gasteiger partial charge in [0.1, 0.15) is 6.17 Å². The van der Waals surface area contributed by atoms with Crippen LogP contribution >= 0.6 is 11.8 Å². The van der Waals surface area contributed by atoms with Gasteiger partial charge in [0.15, 0.2) is 0 Å². The molecule has 0 radical (unpaired) electrons. The molecule has 0 saturated carbocycles. The molecule has 1 amide bonds. The van der Waals surface area contributed by atoms with Gasteiger partial charge < -0.3 is 0 Å². The molecule has 2 heterocycles. The minimum atomic E-state index is -0.201. The van der Waals surface area contributed by atoms with E-state index >= 15 is 0 Å². The maximum absolute atomic E-state index is 11.8. The number of hydrogen-bond acceptors (Lipinski definition) is 5. The number of nitrogens with zero attached hydrogens (tertiary/aromatic N) is 2.